The largest absolute Gasteiger partial charge is 0.467 e. The molecule has 8 heteroatoms. The molecule has 118 valence electrons. The molecule has 0 aliphatic heterocycles. The summed E-state index contributed by atoms with van der Waals surface area (Å²) in [6, 6.07) is 3.48. The van der Waals surface area contributed by atoms with Gasteiger partial charge >= 0.3 is 0 Å². The van der Waals surface area contributed by atoms with Crippen molar-refractivity contribution in [3.63, 3.8) is 0 Å². The maximum Gasteiger partial charge on any atom is 0.276 e. The molecule has 0 saturated carbocycles. The highest BCUT2D eigenvalue weighted by Crippen LogP contribution is 2.10. The first-order valence-corrected chi connectivity index (χ1v) is 7.58. The Bertz CT molecular complexity index is 617. The number of furan rings is 1. The minimum atomic E-state index is -0.362. The molecular weight excluding hydrogens is 304 g/mol. The molecule has 0 aromatic carbocycles. The van der Waals surface area contributed by atoms with E-state index in [9.17, 15) is 9.59 Å². The fourth-order valence-electron chi connectivity index (χ4n) is 1.84. The molecule has 2 aromatic heterocycles. The fraction of sp³-hybridized carbons (Fsp3) is 0.429. The SMILES string of the molecule is CC(C)(C)NC(=O)CN(Cc1ccco1)C(=O)c1csnn1. The van der Waals surface area contributed by atoms with E-state index < -0.39 is 0 Å². The van der Waals surface area contributed by atoms with Gasteiger partial charge in [-0.3, -0.25) is 9.59 Å². The van der Waals surface area contributed by atoms with Crippen LogP contribution in [0.5, 0.6) is 0 Å². The van der Waals surface area contributed by atoms with E-state index >= 15 is 0 Å². The molecule has 0 atom stereocenters. The number of carbonyl (C=O) groups is 2. The summed E-state index contributed by atoms with van der Waals surface area (Å²) in [7, 11) is 0. The Morgan fingerprint density at radius 2 is 2.18 bits per heavy atom. The van der Waals surface area contributed by atoms with E-state index in [0.29, 0.717) is 5.76 Å². The lowest BCUT2D eigenvalue weighted by molar-refractivity contribution is -0.123. The van der Waals surface area contributed by atoms with Gasteiger partial charge in [-0.15, -0.1) is 5.10 Å². The van der Waals surface area contributed by atoms with Crippen LogP contribution < -0.4 is 5.32 Å². The van der Waals surface area contributed by atoms with Gasteiger partial charge in [0, 0.05) is 10.9 Å². The van der Waals surface area contributed by atoms with Crippen molar-refractivity contribution in [2.75, 3.05) is 6.54 Å². The van der Waals surface area contributed by atoms with Gasteiger partial charge in [0.15, 0.2) is 5.69 Å². The molecule has 2 heterocycles. The highest BCUT2D eigenvalue weighted by Gasteiger charge is 2.24. The Balaban J connectivity index is 2.11. The Labute approximate surface area is 132 Å². The van der Waals surface area contributed by atoms with Crippen molar-refractivity contribution >= 4 is 23.3 Å². The van der Waals surface area contributed by atoms with Gasteiger partial charge in [0.05, 0.1) is 12.8 Å². The van der Waals surface area contributed by atoms with Gasteiger partial charge in [-0.2, -0.15) is 0 Å². The maximum atomic E-state index is 12.4. The molecule has 2 amide bonds. The van der Waals surface area contributed by atoms with Crippen LogP contribution in [-0.2, 0) is 11.3 Å². The van der Waals surface area contributed by atoms with Crippen molar-refractivity contribution in [1.29, 1.82) is 0 Å². The number of hydrogen-bond donors (Lipinski definition) is 1. The molecule has 0 aliphatic carbocycles. The molecule has 0 fully saturated rings. The average molecular weight is 322 g/mol. The summed E-state index contributed by atoms with van der Waals surface area (Å²) in [5.74, 6) is 0.00454. The normalized spacial score (nSPS) is 11.2. The first-order valence-electron chi connectivity index (χ1n) is 6.75. The number of nitrogens with one attached hydrogen (secondary N) is 1. The van der Waals surface area contributed by atoms with Crippen molar-refractivity contribution in [3.8, 4) is 0 Å². The lowest BCUT2D eigenvalue weighted by atomic mass is 10.1. The van der Waals surface area contributed by atoms with Gasteiger partial charge in [0.1, 0.15) is 12.3 Å². The maximum absolute atomic E-state index is 12.4. The zero-order chi connectivity index (χ0) is 16.2. The smallest absolute Gasteiger partial charge is 0.276 e. The van der Waals surface area contributed by atoms with Crippen LogP contribution in [0.15, 0.2) is 28.2 Å². The van der Waals surface area contributed by atoms with Crippen LogP contribution >= 0.6 is 11.5 Å². The van der Waals surface area contributed by atoms with Gasteiger partial charge in [-0.25, -0.2) is 0 Å². The molecule has 0 radical (unpaired) electrons. The van der Waals surface area contributed by atoms with Crippen molar-refractivity contribution in [2.45, 2.75) is 32.9 Å². The van der Waals surface area contributed by atoms with E-state index in [2.05, 4.69) is 14.9 Å². The number of aromatic nitrogens is 2. The minimum absolute atomic E-state index is 0.0751. The summed E-state index contributed by atoms with van der Waals surface area (Å²) in [4.78, 5) is 25.9. The predicted molar refractivity (Wildman–Crippen MR) is 81.3 cm³/mol. The Hall–Kier alpha value is -2.22. The molecule has 1 N–H and O–H groups in total. The summed E-state index contributed by atoms with van der Waals surface area (Å²) < 4.78 is 8.94. The van der Waals surface area contributed by atoms with E-state index in [0.717, 1.165) is 11.5 Å². The van der Waals surface area contributed by atoms with Crippen molar-refractivity contribution < 1.29 is 14.0 Å². The molecular formula is C14H18N4O3S. The third-order valence-electron chi connectivity index (χ3n) is 2.64. The minimum Gasteiger partial charge on any atom is -0.467 e. The van der Waals surface area contributed by atoms with Gasteiger partial charge in [0.2, 0.25) is 5.91 Å². The molecule has 2 rings (SSSR count). The van der Waals surface area contributed by atoms with E-state index in [1.54, 1.807) is 17.5 Å². The van der Waals surface area contributed by atoms with Crippen LogP contribution in [0.3, 0.4) is 0 Å². The molecule has 0 bridgehead atoms. The van der Waals surface area contributed by atoms with Gasteiger partial charge in [-0.05, 0) is 44.4 Å². The molecule has 22 heavy (non-hydrogen) atoms. The molecule has 0 aliphatic rings. The van der Waals surface area contributed by atoms with Crippen LogP contribution in [0.2, 0.25) is 0 Å². The second-order valence-corrected chi connectivity index (χ2v) is 6.44. The Morgan fingerprint density at radius 3 is 2.73 bits per heavy atom. The lowest BCUT2D eigenvalue weighted by Crippen LogP contribution is -2.47. The molecule has 0 saturated heterocycles. The Morgan fingerprint density at radius 1 is 1.41 bits per heavy atom. The lowest BCUT2D eigenvalue weighted by Gasteiger charge is -2.24. The van der Waals surface area contributed by atoms with Crippen LogP contribution in [0.25, 0.3) is 0 Å². The molecule has 7 nitrogen and oxygen atoms in total. The number of carbonyl (C=O) groups excluding carboxylic acids is 2. The van der Waals surface area contributed by atoms with Crippen LogP contribution in [-0.4, -0.2) is 38.4 Å². The van der Waals surface area contributed by atoms with Gasteiger partial charge in [-0.1, -0.05) is 4.49 Å². The Kier molecular flexibility index (Phi) is 4.92. The van der Waals surface area contributed by atoms with Crippen molar-refractivity contribution in [3.05, 3.63) is 35.2 Å². The van der Waals surface area contributed by atoms with E-state index in [1.165, 1.54) is 11.2 Å². The van der Waals surface area contributed by atoms with Gasteiger partial charge < -0.3 is 14.6 Å². The quantitative estimate of drug-likeness (QED) is 0.905. The van der Waals surface area contributed by atoms with Crippen molar-refractivity contribution in [2.24, 2.45) is 0 Å². The molecule has 0 unspecified atom stereocenters. The van der Waals surface area contributed by atoms with E-state index in [4.69, 9.17) is 4.42 Å². The van der Waals surface area contributed by atoms with Crippen molar-refractivity contribution in [1.82, 2.24) is 19.8 Å². The topological polar surface area (TPSA) is 88.3 Å². The highest BCUT2D eigenvalue weighted by atomic mass is 32.1. The summed E-state index contributed by atoms with van der Waals surface area (Å²) in [6.07, 6.45) is 1.53. The third kappa shape index (κ3) is 4.66. The first kappa shape index (κ1) is 16.2. The molecule has 0 spiro atoms. The average Bonchev–Trinajstić information content (AvgIpc) is 3.08. The summed E-state index contributed by atoms with van der Waals surface area (Å²) >= 11 is 1.09. The first-order chi connectivity index (χ1) is 10.3. The number of rotatable bonds is 5. The number of hydrogen-bond acceptors (Lipinski definition) is 6. The number of nitrogens with zero attached hydrogens (tertiary/aromatic N) is 3. The van der Waals surface area contributed by atoms with Crippen LogP contribution in [0, 0.1) is 0 Å². The van der Waals surface area contributed by atoms with E-state index in [1.807, 2.05) is 20.8 Å². The van der Waals surface area contributed by atoms with E-state index in [-0.39, 0.29) is 36.1 Å². The summed E-state index contributed by atoms with van der Waals surface area (Å²) in [5, 5.41) is 8.15. The predicted octanol–water partition coefficient (Wildman–Crippen LogP) is 1.69. The zero-order valence-electron chi connectivity index (χ0n) is 12.7. The molecule has 2 aromatic rings. The monoisotopic (exact) mass is 322 g/mol. The standard InChI is InChI=1S/C14H18N4O3S/c1-14(2,3)15-12(19)8-18(7-10-5-4-6-21-10)13(20)11-9-22-17-16-11/h4-6,9H,7-8H2,1-3H3,(H,15,19). The van der Waals surface area contributed by atoms with Crippen LogP contribution in [0.4, 0.5) is 0 Å². The number of amides is 2. The van der Waals surface area contributed by atoms with Gasteiger partial charge in [0.25, 0.3) is 5.91 Å². The summed E-state index contributed by atoms with van der Waals surface area (Å²) in [6.45, 7) is 5.77. The third-order valence-corrected chi connectivity index (χ3v) is 3.15. The second kappa shape index (κ2) is 6.69. The highest BCUT2D eigenvalue weighted by molar-refractivity contribution is 7.03. The zero-order valence-corrected chi connectivity index (χ0v) is 13.5. The second-order valence-electron chi connectivity index (χ2n) is 5.83. The fourth-order valence-corrected chi connectivity index (χ4v) is 2.27. The van der Waals surface area contributed by atoms with Crippen LogP contribution in [0.1, 0.15) is 37.0 Å². The summed E-state index contributed by atoms with van der Waals surface area (Å²) in [5.41, 5.74) is -0.140.